The maximum Gasteiger partial charge on any atom is 0.321 e. The molecule has 0 aromatic carbocycles. The summed E-state index contributed by atoms with van der Waals surface area (Å²) < 4.78 is 1.57. The third kappa shape index (κ3) is 3.46. The van der Waals surface area contributed by atoms with Crippen molar-refractivity contribution in [2.45, 2.75) is 44.6 Å². The summed E-state index contributed by atoms with van der Waals surface area (Å²) in [6.45, 7) is 7.88. The maximum atomic E-state index is 12.7. The molecule has 24 heavy (non-hydrogen) atoms. The van der Waals surface area contributed by atoms with Crippen LogP contribution in [0.4, 0.5) is 4.79 Å². The van der Waals surface area contributed by atoms with E-state index in [0.29, 0.717) is 21.9 Å². The second-order valence-electron chi connectivity index (χ2n) is 5.24. The highest BCUT2D eigenvalue weighted by atomic mass is 32.2. The Kier molecular flexibility index (Phi) is 5.66. The first-order chi connectivity index (χ1) is 11.3. The third-order valence-corrected chi connectivity index (χ3v) is 5.88. The number of nitrogens with one attached hydrogen (secondary N) is 2. The average Bonchev–Trinajstić information content (AvgIpc) is 2.82. The molecule has 7 nitrogen and oxygen atoms in total. The Morgan fingerprint density at radius 3 is 2.62 bits per heavy atom. The lowest BCUT2D eigenvalue weighted by Crippen LogP contribution is -2.41. The van der Waals surface area contributed by atoms with Gasteiger partial charge in [-0.05, 0) is 33.3 Å². The van der Waals surface area contributed by atoms with Gasteiger partial charge in [0.15, 0.2) is 5.16 Å². The van der Waals surface area contributed by atoms with Gasteiger partial charge in [0.25, 0.3) is 5.56 Å². The average molecular weight is 368 g/mol. The first-order valence-corrected chi connectivity index (χ1v) is 9.19. The molecule has 2 heterocycles. The number of thioether (sulfide) groups is 1. The highest BCUT2D eigenvalue weighted by Crippen LogP contribution is 2.29. The molecule has 2 rings (SSSR count). The van der Waals surface area contributed by atoms with Crippen LogP contribution in [0.25, 0.3) is 10.2 Å². The number of thiophene rings is 1. The van der Waals surface area contributed by atoms with Crippen molar-refractivity contribution in [3.05, 3.63) is 20.8 Å². The fourth-order valence-electron chi connectivity index (χ4n) is 2.17. The number of nitrogens with zero attached hydrogens (tertiary/aromatic N) is 2. The molecule has 130 valence electrons. The van der Waals surface area contributed by atoms with Gasteiger partial charge in [0.05, 0.1) is 10.6 Å². The van der Waals surface area contributed by atoms with Gasteiger partial charge in [-0.3, -0.25) is 19.5 Å². The Balaban J connectivity index is 2.40. The Hall–Kier alpha value is -1.87. The zero-order chi connectivity index (χ0) is 18.0. The minimum absolute atomic E-state index is 0.0919. The number of aryl methyl sites for hydroxylation is 2. The highest BCUT2D eigenvalue weighted by molar-refractivity contribution is 8.00. The van der Waals surface area contributed by atoms with Crippen molar-refractivity contribution in [2.24, 2.45) is 0 Å². The molecule has 2 aromatic heterocycles. The van der Waals surface area contributed by atoms with Gasteiger partial charge in [-0.15, -0.1) is 11.3 Å². The number of rotatable bonds is 4. The number of hydrogen-bond acceptors (Lipinski definition) is 6. The summed E-state index contributed by atoms with van der Waals surface area (Å²) in [5.74, 6) is -0.435. The minimum atomic E-state index is -0.563. The molecule has 9 heteroatoms. The number of amides is 3. The maximum absolute atomic E-state index is 12.7. The van der Waals surface area contributed by atoms with E-state index >= 15 is 0 Å². The molecule has 1 atom stereocenters. The third-order valence-electron chi connectivity index (χ3n) is 3.69. The number of fused-ring (bicyclic) bond motifs is 1. The summed E-state index contributed by atoms with van der Waals surface area (Å²) >= 11 is 2.64. The Labute approximate surface area is 147 Å². The number of imide groups is 1. The number of hydrogen-bond donors (Lipinski definition) is 2. The smallest absolute Gasteiger partial charge is 0.321 e. The van der Waals surface area contributed by atoms with Crippen LogP contribution in [-0.2, 0) is 11.3 Å². The van der Waals surface area contributed by atoms with Crippen molar-refractivity contribution in [3.63, 3.8) is 0 Å². The van der Waals surface area contributed by atoms with Crippen molar-refractivity contribution < 1.29 is 9.59 Å². The van der Waals surface area contributed by atoms with Crippen LogP contribution < -0.4 is 16.2 Å². The van der Waals surface area contributed by atoms with Crippen LogP contribution in [0.3, 0.4) is 0 Å². The first kappa shape index (κ1) is 18.5. The lowest BCUT2D eigenvalue weighted by atomic mass is 10.2. The van der Waals surface area contributed by atoms with E-state index in [9.17, 15) is 14.4 Å². The molecule has 0 saturated carbocycles. The Morgan fingerprint density at radius 1 is 1.38 bits per heavy atom. The highest BCUT2D eigenvalue weighted by Gasteiger charge is 2.21. The van der Waals surface area contributed by atoms with E-state index in [-0.39, 0.29) is 5.56 Å². The summed E-state index contributed by atoms with van der Waals surface area (Å²) in [5.41, 5.74) is 0.863. The second kappa shape index (κ2) is 7.35. The van der Waals surface area contributed by atoms with Crippen LogP contribution in [0.5, 0.6) is 0 Å². The van der Waals surface area contributed by atoms with Crippen LogP contribution in [0, 0.1) is 13.8 Å². The molecule has 0 unspecified atom stereocenters. The van der Waals surface area contributed by atoms with Crippen LogP contribution in [0.1, 0.15) is 24.3 Å². The lowest BCUT2D eigenvalue weighted by molar-refractivity contribution is -0.119. The van der Waals surface area contributed by atoms with Crippen molar-refractivity contribution >= 4 is 45.3 Å². The minimum Gasteiger partial charge on any atom is -0.341 e. The standard InChI is InChI=1S/C15H20N4O3S2/c1-6-19-13(21)10-7(2)8(3)23-12(10)18-15(19)24-9(4)11(20)17-14(22)16-5/h9H,6H2,1-5H3,(H2,16,17,20,22)/t9-/m0/s1. The quantitative estimate of drug-likeness (QED) is 0.636. The molecular weight excluding hydrogens is 348 g/mol. The predicted molar refractivity (Wildman–Crippen MR) is 96.9 cm³/mol. The molecule has 2 aromatic rings. The van der Waals surface area contributed by atoms with Crippen molar-refractivity contribution in [2.75, 3.05) is 7.05 Å². The van der Waals surface area contributed by atoms with Gasteiger partial charge in [-0.1, -0.05) is 11.8 Å². The summed E-state index contributed by atoms with van der Waals surface area (Å²) in [6, 6.07) is -0.562. The van der Waals surface area contributed by atoms with E-state index in [4.69, 9.17) is 0 Å². The van der Waals surface area contributed by atoms with Crippen molar-refractivity contribution in [3.8, 4) is 0 Å². The van der Waals surface area contributed by atoms with Gasteiger partial charge in [0, 0.05) is 18.5 Å². The zero-order valence-electron chi connectivity index (χ0n) is 14.2. The van der Waals surface area contributed by atoms with E-state index in [1.54, 1.807) is 11.5 Å². The number of urea groups is 1. The normalized spacial score (nSPS) is 12.2. The van der Waals surface area contributed by atoms with E-state index in [1.165, 1.54) is 30.1 Å². The van der Waals surface area contributed by atoms with Crippen LogP contribution in [-0.4, -0.2) is 33.8 Å². The van der Waals surface area contributed by atoms with Gasteiger partial charge in [-0.2, -0.15) is 0 Å². The van der Waals surface area contributed by atoms with Gasteiger partial charge in [0.2, 0.25) is 5.91 Å². The monoisotopic (exact) mass is 368 g/mol. The van der Waals surface area contributed by atoms with Gasteiger partial charge >= 0.3 is 6.03 Å². The molecule has 0 radical (unpaired) electrons. The van der Waals surface area contributed by atoms with Crippen LogP contribution >= 0.6 is 23.1 Å². The SMILES string of the molecule is CCn1c(S[C@@H](C)C(=O)NC(=O)NC)nc2sc(C)c(C)c2c1=O. The number of aromatic nitrogens is 2. The second-order valence-corrected chi connectivity index (χ2v) is 7.75. The molecule has 0 spiro atoms. The molecule has 0 fully saturated rings. The summed E-state index contributed by atoms with van der Waals surface area (Å²) in [6.07, 6.45) is 0. The van der Waals surface area contributed by atoms with E-state index in [1.807, 2.05) is 20.8 Å². The molecule has 2 N–H and O–H groups in total. The van der Waals surface area contributed by atoms with Crippen LogP contribution in [0.2, 0.25) is 0 Å². The van der Waals surface area contributed by atoms with E-state index < -0.39 is 17.2 Å². The van der Waals surface area contributed by atoms with Gasteiger partial charge in [-0.25, -0.2) is 9.78 Å². The van der Waals surface area contributed by atoms with E-state index in [0.717, 1.165) is 10.4 Å². The Bertz CT molecular complexity index is 857. The van der Waals surface area contributed by atoms with E-state index in [2.05, 4.69) is 15.6 Å². The summed E-state index contributed by atoms with van der Waals surface area (Å²) in [7, 11) is 1.44. The zero-order valence-corrected chi connectivity index (χ0v) is 15.9. The largest absolute Gasteiger partial charge is 0.341 e. The number of carbonyl (C=O) groups is 2. The fraction of sp³-hybridized carbons (Fsp3) is 0.467. The molecule has 0 bridgehead atoms. The number of carbonyl (C=O) groups excluding carboxylic acids is 2. The lowest BCUT2D eigenvalue weighted by Gasteiger charge is -2.14. The molecule has 0 aliphatic carbocycles. The fourth-order valence-corrected chi connectivity index (χ4v) is 4.21. The molecule has 0 aliphatic heterocycles. The first-order valence-electron chi connectivity index (χ1n) is 7.49. The molecule has 0 saturated heterocycles. The van der Waals surface area contributed by atoms with Gasteiger partial charge < -0.3 is 5.32 Å². The summed E-state index contributed by atoms with van der Waals surface area (Å²) in [4.78, 5) is 42.3. The van der Waals surface area contributed by atoms with Gasteiger partial charge in [0.1, 0.15) is 4.83 Å². The summed E-state index contributed by atoms with van der Waals surface area (Å²) in [5, 5.41) is 5.12. The molecule has 3 amide bonds. The molecule has 0 aliphatic rings. The Morgan fingerprint density at radius 2 is 2.04 bits per heavy atom. The predicted octanol–water partition coefficient (Wildman–Crippen LogP) is 2.03. The van der Waals surface area contributed by atoms with Crippen molar-refractivity contribution in [1.82, 2.24) is 20.2 Å². The molecular formula is C15H20N4O3S2. The van der Waals surface area contributed by atoms with Crippen LogP contribution in [0.15, 0.2) is 9.95 Å². The topological polar surface area (TPSA) is 93.1 Å². The van der Waals surface area contributed by atoms with Crippen molar-refractivity contribution in [1.29, 1.82) is 0 Å².